The van der Waals surface area contributed by atoms with Gasteiger partial charge in [0.25, 0.3) is 17.7 Å². The van der Waals surface area contributed by atoms with Crippen LogP contribution in [0.5, 0.6) is 5.75 Å². The summed E-state index contributed by atoms with van der Waals surface area (Å²) in [5.41, 5.74) is 2.35. The molecule has 7 nitrogen and oxygen atoms in total. The van der Waals surface area contributed by atoms with Crippen molar-refractivity contribution in [1.29, 1.82) is 0 Å². The molecule has 1 atom stereocenters. The van der Waals surface area contributed by atoms with Crippen molar-refractivity contribution in [3.8, 4) is 5.75 Å². The van der Waals surface area contributed by atoms with Gasteiger partial charge in [-0.15, -0.1) is 0 Å². The number of aryl methyl sites for hydroxylation is 2. The number of rotatable bonds is 13. The number of ether oxygens (including phenoxy) is 1. The van der Waals surface area contributed by atoms with E-state index in [1.54, 1.807) is 34.6 Å². The summed E-state index contributed by atoms with van der Waals surface area (Å²) < 4.78 is 33.2. The summed E-state index contributed by atoms with van der Waals surface area (Å²) in [6.07, 6.45) is 7.21. The van der Waals surface area contributed by atoms with Crippen LogP contribution in [0.4, 0.5) is 8.78 Å². The van der Waals surface area contributed by atoms with Gasteiger partial charge in [0, 0.05) is 38.2 Å². The highest BCUT2D eigenvalue weighted by atomic mass is 32.2. The third-order valence-corrected chi connectivity index (χ3v) is 7.06. The molecule has 0 spiro atoms. The number of nitrogens with zero attached hydrogens (tertiary/aromatic N) is 2. The van der Waals surface area contributed by atoms with Gasteiger partial charge in [-0.1, -0.05) is 25.0 Å². The van der Waals surface area contributed by atoms with E-state index >= 15 is 0 Å². The number of halogens is 2. The Morgan fingerprint density at radius 3 is 2.86 bits per heavy atom. The first-order chi connectivity index (χ1) is 17.2. The predicted molar refractivity (Wildman–Crippen MR) is 136 cm³/mol. The van der Waals surface area contributed by atoms with Gasteiger partial charge >= 0.3 is 0 Å². The summed E-state index contributed by atoms with van der Waals surface area (Å²) >= 11 is 1.65. The summed E-state index contributed by atoms with van der Waals surface area (Å²) in [6.45, 7) is 1.31. The molecule has 1 aliphatic heterocycles. The summed E-state index contributed by atoms with van der Waals surface area (Å²) in [4.78, 5) is 26.1. The van der Waals surface area contributed by atoms with Gasteiger partial charge < -0.3 is 15.4 Å². The first-order valence-electron chi connectivity index (χ1n) is 12.5. The molecule has 1 saturated carbocycles. The maximum Gasteiger partial charge on any atom is 0.278 e. The normalized spacial score (nSPS) is 17.4. The van der Waals surface area contributed by atoms with Crippen molar-refractivity contribution in [2.24, 2.45) is 5.92 Å². The summed E-state index contributed by atoms with van der Waals surface area (Å²) in [6, 6.07) is 6.97. The van der Waals surface area contributed by atoms with E-state index in [0.29, 0.717) is 61.0 Å². The molecule has 36 heavy (non-hydrogen) atoms. The number of amides is 2. The molecule has 2 heterocycles. The van der Waals surface area contributed by atoms with Crippen LogP contribution in [-0.4, -0.2) is 58.7 Å². The van der Waals surface area contributed by atoms with Gasteiger partial charge in [-0.05, 0) is 49.1 Å². The minimum atomic E-state index is -2.90. The van der Waals surface area contributed by atoms with Crippen LogP contribution >= 0.6 is 11.8 Å². The zero-order chi connectivity index (χ0) is 25.7. The van der Waals surface area contributed by atoms with Crippen LogP contribution in [-0.2, 0) is 19.4 Å². The number of carbonyl (C=O) groups excluding carboxylic acids is 2. The van der Waals surface area contributed by atoms with Crippen molar-refractivity contribution in [3.05, 3.63) is 46.8 Å². The largest absolute Gasteiger partial charge is 0.487 e. The highest BCUT2D eigenvalue weighted by Crippen LogP contribution is 2.33. The van der Waals surface area contributed by atoms with Crippen LogP contribution in [0.1, 0.15) is 64.7 Å². The van der Waals surface area contributed by atoms with Crippen LogP contribution in [0.15, 0.2) is 24.3 Å². The first kappa shape index (κ1) is 26.4. The monoisotopic (exact) mass is 520 g/mol. The molecule has 10 heteroatoms. The second kappa shape index (κ2) is 11.6. The topological polar surface area (TPSA) is 85.2 Å². The van der Waals surface area contributed by atoms with Crippen molar-refractivity contribution >= 4 is 23.6 Å². The van der Waals surface area contributed by atoms with Crippen LogP contribution in [0.3, 0.4) is 0 Å². The zero-order valence-electron chi connectivity index (χ0n) is 20.8. The molecule has 0 unspecified atom stereocenters. The number of aromatic nitrogens is 2. The highest BCUT2D eigenvalue weighted by Gasteiger charge is 2.34. The van der Waals surface area contributed by atoms with Gasteiger partial charge in [0.1, 0.15) is 11.4 Å². The SMILES string of the molecule is CSCCNC(=O)c1c2c(nn1CCC1CC1)C[C@H](CCc1cccc(OCC(C)(F)F)c1)NC2=O. The predicted octanol–water partition coefficient (Wildman–Crippen LogP) is 4.10. The lowest BCUT2D eigenvalue weighted by Gasteiger charge is -2.23. The highest BCUT2D eigenvalue weighted by molar-refractivity contribution is 7.98. The molecule has 196 valence electrons. The average Bonchev–Trinajstić information content (AvgIpc) is 3.59. The van der Waals surface area contributed by atoms with E-state index in [1.807, 2.05) is 12.3 Å². The van der Waals surface area contributed by atoms with Gasteiger partial charge in [-0.2, -0.15) is 16.9 Å². The second-order valence-electron chi connectivity index (χ2n) is 9.79. The number of hydrogen-bond donors (Lipinski definition) is 2. The van der Waals surface area contributed by atoms with Crippen molar-refractivity contribution in [2.45, 2.75) is 64.0 Å². The zero-order valence-corrected chi connectivity index (χ0v) is 21.6. The lowest BCUT2D eigenvalue weighted by molar-refractivity contribution is -0.0229. The Morgan fingerprint density at radius 1 is 1.33 bits per heavy atom. The number of nitrogens with one attached hydrogen (secondary N) is 2. The molecular formula is C26H34F2N4O3S. The number of alkyl halides is 2. The fourth-order valence-corrected chi connectivity index (χ4v) is 4.71. The van der Waals surface area contributed by atoms with Crippen molar-refractivity contribution in [2.75, 3.05) is 25.2 Å². The van der Waals surface area contributed by atoms with E-state index in [4.69, 9.17) is 9.84 Å². The van der Waals surface area contributed by atoms with Crippen LogP contribution < -0.4 is 15.4 Å². The Labute approximate surface area is 214 Å². The first-order valence-corrected chi connectivity index (χ1v) is 13.9. The van der Waals surface area contributed by atoms with Gasteiger partial charge in [0.05, 0.1) is 11.3 Å². The second-order valence-corrected chi connectivity index (χ2v) is 10.8. The lowest BCUT2D eigenvalue weighted by Crippen LogP contribution is -2.42. The lowest BCUT2D eigenvalue weighted by atomic mass is 9.95. The number of carbonyl (C=O) groups is 2. The molecule has 1 fully saturated rings. The van der Waals surface area contributed by atoms with Crippen LogP contribution in [0.25, 0.3) is 0 Å². The molecular weight excluding hydrogens is 486 g/mol. The van der Waals surface area contributed by atoms with E-state index in [2.05, 4.69) is 10.6 Å². The average molecular weight is 521 g/mol. The van der Waals surface area contributed by atoms with Crippen LogP contribution in [0, 0.1) is 5.92 Å². The van der Waals surface area contributed by atoms with E-state index in [-0.39, 0.29) is 17.9 Å². The van der Waals surface area contributed by atoms with Gasteiger partial charge in [0.2, 0.25) is 0 Å². The molecule has 0 saturated heterocycles. The Bertz CT molecular complexity index is 1080. The molecule has 0 radical (unpaired) electrons. The van der Waals surface area contributed by atoms with Crippen molar-refractivity contribution in [1.82, 2.24) is 20.4 Å². The van der Waals surface area contributed by atoms with Gasteiger partial charge in [-0.25, -0.2) is 8.78 Å². The van der Waals surface area contributed by atoms with E-state index < -0.39 is 12.5 Å². The molecule has 1 aliphatic carbocycles. The summed E-state index contributed by atoms with van der Waals surface area (Å²) in [5, 5.41) is 10.7. The third kappa shape index (κ3) is 7.21. The number of thioether (sulfide) groups is 1. The molecule has 1 aromatic heterocycles. The van der Waals surface area contributed by atoms with E-state index in [9.17, 15) is 18.4 Å². The van der Waals surface area contributed by atoms with Gasteiger partial charge in [-0.3, -0.25) is 14.3 Å². The minimum Gasteiger partial charge on any atom is -0.487 e. The fraction of sp³-hybridized carbons (Fsp3) is 0.577. The van der Waals surface area contributed by atoms with Crippen LogP contribution in [0.2, 0.25) is 0 Å². The number of fused-ring (bicyclic) bond motifs is 1. The smallest absolute Gasteiger partial charge is 0.278 e. The van der Waals surface area contributed by atoms with Gasteiger partial charge in [0.15, 0.2) is 6.61 Å². The molecule has 4 rings (SSSR count). The molecule has 2 aromatic rings. The quantitative estimate of drug-likeness (QED) is 0.389. The molecule has 2 aliphatic rings. The molecule has 2 amide bonds. The molecule has 1 aromatic carbocycles. The summed E-state index contributed by atoms with van der Waals surface area (Å²) in [7, 11) is 0. The fourth-order valence-electron chi connectivity index (χ4n) is 4.41. The Hall–Kier alpha value is -2.62. The Kier molecular flexibility index (Phi) is 8.54. The Morgan fingerprint density at radius 2 is 2.14 bits per heavy atom. The molecule has 2 N–H and O–H groups in total. The van der Waals surface area contributed by atoms with E-state index in [1.165, 1.54) is 12.8 Å². The number of hydrogen-bond acceptors (Lipinski definition) is 5. The standard InChI is InChI=1S/C26H34F2N4O3S/c1-26(27,28)16-35-20-5-3-4-18(14-20)8-9-19-15-21-22(24(33)30-19)23(25(34)29-11-13-36-2)32(31-21)12-10-17-6-7-17/h3-5,14,17,19H,6-13,15-16H2,1-2H3,(H,29,34)(H,30,33)/t19-/m0/s1. The van der Waals surface area contributed by atoms with Crippen molar-refractivity contribution < 1.29 is 23.1 Å². The molecule has 0 bridgehead atoms. The number of benzene rings is 1. The van der Waals surface area contributed by atoms with Crippen molar-refractivity contribution in [3.63, 3.8) is 0 Å². The minimum absolute atomic E-state index is 0.131. The Balaban J connectivity index is 1.43. The summed E-state index contributed by atoms with van der Waals surface area (Å²) in [5.74, 6) is -1.54. The maximum absolute atomic E-state index is 13.1. The third-order valence-electron chi connectivity index (χ3n) is 6.45. The maximum atomic E-state index is 13.1. The van der Waals surface area contributed by atoms with E-state index in [0.717, 1.165) is 24.7 Å².